The van der Waals surface area contributed by atoms with Crippen LogP contribution < -0.4 is 10.3 Å². The number of anilines is 1. The van der Waals surface area contributed by atoms with Crippen LogP contribution in [0.2, 0.25) is 0 Å². The normalized spacial score (nSPS) is 16.5. The van der Waals surface area contributed by atoms with E-state index in [4.69, 9.17) is 4.98 Å². The third kappa shape index (κ3) is 3.53. The highest BCUT2D eigenvalue weighted by Gasteiger charge is 2.28. The Bertz CT molecular complexity index is 836. The van der Waals surface area contributed by atoms with Gasteiger partial charge in [0.05, 0.1) is 12.2 Å². The van der Waals surface area contributed by atoms with Gasteiger partial charge in [0.2, 0.25) is 5.91 Å². The van der Waals surface area contributed by atoms with Crippen molar-refractivity contribution in [2.24, 2.45) is 5.10 Å². The zero-order valence-corrected chi connectivity index (χ0v) is 15.2. The van der Waals surface area contributed by atoms with Crippen LogP contribution in [0.3, 0.4) is 0 Å². The molecule has 7 heteroatoms. The third-order valence-corrected chi connectivity index (χ3v) is 5.83. The second-order valence-corrected chi connectivity index (χ2v) is 7.61. The molecule has 1 aromatic carbocycles. The highest BCUT2D eigenvalue weighted by molar-refractivity contribution is 7.16. The largest absolute Gasteiger partial charge is 0.278 e. The first-order valence-electron chi connectivity index (χ1n) is 8.90. The standard InChI is InChI=1S/C19H20N4O2S/c24-17-11-10-15(21-22-17)18(25)23(12-13-6-2-1-3-7-13)19-20-14-8-4-5-9-16(14)26-19/h1-3,6-7H,4-5,8-12H2,(H,22,24). The van der Waals surface area contributed by atoms with Crippen LogP contribution in [-0.2, 0) is 29.0 Å². The Hall–Kier alpha value is -2.54. The van der Waals surface area contributed by atoms with E-state index in [0.29, 0.717) is 18.7 Å². The fraction of sp³-hybridized carbons (Fsp3) is 0.368. The van der Waals surface area contributed by atoms with E-state index in [2.05, 4.69) is 10.5 Å². The molecule has 1 aromatic heterocycles. The lowest BCUT2D eigenvalue weighted by Crippen LogP contribution is -2.40. The maximum Gasteiger partial charge on any atom is 0.276 e. The van der Waals surface area contributed by atoms with Crippen molar-refractivity contribution in [3.63, 3.8) is 0 Å². The third-order valence-electron chi connectivity index (χ3n) is 4.65. The van der Waals surface area contributed by atoms with Gasteiger partial charge in [0.15, 0.2) is 5.13 Å². The molecule has 2 heterocycles. The van der Waals surface area contributed by atoms with Crippen molar-refractivity contribution in [2.75, 3.05) is 4.90 Å². The first-order chi connectivity index (χ1) is 12.7. The van der Waals surface area contributed by atoms with E-state index < -0.39 is 0 Å². The zero-order chi connectivity index (χ0) is 17.9. The summed E-state index contributed by atoms with van der Waals surface area (Å²) in [6.45, 7) is 0.443. The van der Waals surface area contributed by atoms with Gasteiger partial charge in [0.25, 0.3) is 5.91 Å². The summed E-state index contributed by atoms with van der Waals surface area (Å²) >= 11 is 1.61. The van der Waals surface area contributed by atoms with Gasteiger partial charge in [0.1, 0.15) is 5.71 Å². The molecule has 1 N–H and O–H groups in total. The Kier molecular flexibility index (Phi) is 4.79. The number of nitrogens with one attached hydrogen (secondary N) is 1. The molecule has 6 nitrogen and oxygen atoms in total. The van der Waals surface area contributed by atoms with Crippen LogP contribution in [0, 0.1) is 0 Å². The number of thiazole rings is 1. The number of amides is 2. The SMILES string of the molecule is O=C1CCC(C(=O)N(Cc2ccccc2)c2nc3c(s2)CCCC3)=NN1. The van der Waals surface area contributed by atoms with Gasteiger partial charge < -0.3 is 0 Å². The number of hydrazone groups is 1. The van der Waals surface area contributed by atoms with Crippen LogP contribution in [0.4, 0.5) is 5.13 Å². The van der Waals surface area contributed by atoms with E-state index in [1.165, 1.54) is 11.3 Å². The molecule has 0 fully saturated rings. The summed E-state index contributed by atoms with van der Waals surface area (Å²) in [7, 11) is 0. The number of benzene rings is 1. The number of hydrogen-bond donors (Lipinski definition) is 1. The van der Waals surface area contributed by atoms with Crippen molar-refractivity contribution in [1.82, 2.24) is 10.4 Å². The zero-order valence-electron chi connectivity index (χ0n) is 14.4. The molecule has 2 amide bonds. The minimum atomic E-state index is -0.181. The van der Waals surface area contributed by atoms with Crippen molar-refractivity contribution in [3.8, 4) is 0 Å². The molecular formula is C19H20N4O2S. The number of rotatable bonds is 4. The average molecular weight is 368 g/mol. The molecule has 1 aliphatic carbocycles. The highest BCUT2D eigenvalue weighted by atomic mass is 32.1. The minimum Gasteiger partial charge on any atom is -0.278 e. The molecule has 0 saturated carbocycles. The Morgan fingerprint density at radius 2 is 1.92 bits per heavy atom. The lowest BCUT2D eigenvalue weighted by Gasteiger charge is -2.22. The van der Waals surface area contributed by atoms with Crippen LogP contribution in [-0.4, -0.2) is 22.5 Å². The van der Waals surface area contributed by atoms with Gasteiger partial charge >= 0.3 is 0 Å². The summed E-state index contributed by atoms with van der Waals surface area (Å²) < 4.78 is 0. The number of carbonyl (C=O) groups excluding carboxylic acids is 2. The van der Waals surface area contributed by atoms with Crippen LogP contribution in [0.5, 0.6) is 0 Å². The first-order valence-corrected chi connectivity index (χ1v) is 9.72. The average Bonchev–Trinajstić information content (AvgIpc) is 3.11. The molecule has 1 aliphatic heterocycles. The number of fused-ring (bicyclic) bond motifs is 1. The van der Waals surface area contributed by atoms with Gasteiger partial charge in [-0.3, -0.25) is 14.5 Å². The van der Waals surface area contributed by atoms with Gasteiger partial charge in [-0.2, -0.15) is 5.10 Å². The van der Waals surface area contributed by atoms with Crippen LogP contribution >= 0.6 is 11.3 Å². The quantitative estimate of drug-likeness (QED) is 0.902. The van der Waals surface area contributed by atoms with Crippen molar-refractivity contribution >= 4 is 34.0 Å². The molecule has 134 valence electrons. The number of nitrogens with zero attached hydrogens (tertiary/aromatic N) is 3. The van der Waals surface area contributed by atoms with Gasteiger partial charge in [-0.1, -0.05) is 30.3 Å². The second kappa shape index (κ2) is 7.37. The number of aromatic nitrogens is 1. The topological polar surface area (TPSA) is 74.7 Å². The Labute approximate surface area is 155 Å². The smallest absolute Gasteiger partial charge is 0.276 e. The summed E-state index contributed by atoms with van der Waals surface area (Å²) in [5, 5.41) is 4.71. The van der Waals surface area contributed by atoms with E-state index in [-0.39, 0.29) is 18.2 Å². The molecule has 0 atom stereocenters. The highest BCUT2D eigenvalue weighted by Crippen LogP contribution is 2.33. The molecule has 0 radical (unpaired) electrons. The van der Waals surface area contributed by atoms with Crippen LogP contribution in [0.15, 0.2) is 35.4 Å². The fourth-order valence-corrected chi connectivity index (χ4v) is 4.38. The molecule has 0 spiro atoms. The van der Waals surface area contributed by atoms with Crippen LogP contribution in [0.25, 0.3) is 0 Å². The number of carbonyl (C=O) groups is 2. The Morgan fingerprint density at radius 1 is 1.12 bits per heavy atom. The first kappa shape index (κ1) is 16.9. The molecule has 2 aliphatic rings. The molecular weight excluding hydrogens is 348 g/mol. The second-order valence-electron chi connectivity index (χ2n) is 6.54. The Balaban J connectivity index is 1.66. The summed E-state index contributed by atoms with van der Waals surface area (Å²) in [6.07, 6.45) is 5.01. The monoisotopic (exact) mass is 368 g/mol. The van der Waals surface area contributed by atoms with E-state index >= 15 is 0 Å². The molecule has 2 aromatic rings. The summed E-state index contributed by atoms with van der Waals surface area (Å²) in [4.78, 5) is 32.2. The van der Waals surface area contributed by atoms with E-state index in [1.54, 1.807) is 16.2 Å². The molecule has 0 saturated heterocycles. The predicted octanol–water partition coefficient (Wildman–Crippen LogP) is 2.82. The maximum atomic E-state index is 13.1. The van der Waals surface area contributed by atoms with Gasteiger partial charge in [-0.25, -0.2) is 10.4 Å². The minimum absolute atomic E-state index is 0.152. The molecule has 4 rings (SSSR count). The Morgan fingerprint density at radius 3 is 2.65 bits per heavy atom. The fourth-order valence-electron chi connectivity index (χ4n) is 3.23. The summed E-state index contributed by atoms with van der Waals surface area (Å²) in [5.41, 5.74) is 4.96. The van der Waals surface area contributed by atoms with Gasteiger partial charge in [-0.15, -0.1) is 11.3 Å². The predicted molar refractivity (Wildman–Crippen MR) is 101 cm³/mol. The maximum absolute atomic E-state index is 13.1. The van der Waals surface area contributed by atoms with Crippen molar-refractivity contribution in [2.45, 2.75) is 45.1 Å². The number of hydrogen-bond acceptors (Lipinski definition) is 5. The molecule has 0 bridgehead atoms. The van der Waals surface area contributed by atoms with Crippen molar-refractivity contribution in [3.05, 3.63) is 46.5 Å². The van der Waals surface area contributed by atoms with E-state index in [9.17, 15) is 9.59 Å². The molecule has 26 heavy (non-hydrogen) atoms. The van der Waals surface area contributed by atoms with Crippen molar-refractivity contribution < 1.29 is 9.59 Å². The van der Waals surface area contributed by atoms with E-state index in [0.717, 1.165) is 35.7 Å². The summed E-state index contributed by atoms with van der Waals surface area (Å²) in [5.74, 6) is -0.333. The number of aryl methyl sites for hydroxylation is 2. The lowest BCUT2D eigenvalue weighted by molar-refractivity contribution is -0.121. The van der Waals surface area contributed by atoms with Crippen LogP contribution in [0.1, 0.15) is 41.8 Å². The van der Waals surface area contributed by atoms with Gasteiger partial charge in [-0.05, 0) is 31.2 Å². The lowest BCUT2D eigenvalue weighted by atomic mass is 10.0. The van der Waals surface area contributed by atoms with Crippen molar-refractivity contribution in [1.29, 1.82) is 0 Å². The van der Waals surface area contributed by atoms with E-state index in [1.807, 2.05) is 30.3 Å². The molecule has 0 unspecified atom stereocenters. The summed E-state index contributed by atoms with van der Waals surface area (Å²) in [6, 6.07) is 9.88. The van der Waals surface area contributed by atoms with Gasteiger partial charge in [0, 0.05) is 17.7 Å².